The van der Waals surface area contributed by atoms with Gasteiger partial charge in [0.15, 0.2) is 0 Å². The van der Waals surface area contributed by atoms with Crippen molar-refractivity contribution in [2.24, 2.45) is 5.84 Å². The molecule has 1 aromatic carbocycles. The lowest BCUT2D eigenvalue weighted by atomic mass is 10.3. The van der Waals surface area contributed by atoms with Crippen LogP contribution in [0.4, 0.5) is 0 Å². The lowest BCUT2D eigenvalue weighted by Crippen LogP contribution is -2.30. The summed E-state index contributed by atoms with van der Waals surface area (Å²) in [4.78, 5) is 1.77. The standard InChI is InChI=1S/C8H11BrN2O3S/c1-2-14-7-4-3-6(9)5-8(7)15(12,13)11-10/h3-5,11H,2,10H2,1H3. The molecule has 0 saturated carbocycles. The van der Waals surface area contributed by atoms with Gasteiger partial charge in [-0.05, 0) is 25.1 Å². The monoisotopic (exact) mass is 294 g/mol. The zero-order valence-electron chi connectivity index (χ0n) is 8.03. The number of nitrogens with two attached hydrogens (primary N) is 1. The molecule has 15 heavy (non-hydrogen) atoms. The van der Waals surface area contributed by atoms with Gasteiger partial charge in [0.05, 0.1) is 6.61 Å². The Bertz CT molecular complexity index is 447. The molecule has 0 unspecified atom stereocenters. The fourth-order valence-electron chi connectivity index (χ4n) is 1.03. The Balaban J connectivity index is 3.31. The zero-order chi connectivity index (χ0) is 11.5. The molecule has 0 aliphatic heterocycles. The van der Waals surface area contributed by atoms with Gasteiger partial charge in [-0.3, -0.25) is 5.84 Å². The van der Waals surface area contributed by atoms with E-state index in [1.807, 2.05) is 0 Å². The molecule has 0 aromatic heterocycles. The quantitative estimate of drug-likeness (QED) is 0.641. The van der Waals surface area contributed by atoms with Crippen LogP contribution < -0.4 is 15.4 Å². The number of hydrogen-bond acceptors (Lipinski definition) is 4. The highest BCUT2D eigenvalue weighted by molar-refractivity contribution is 9.10. The number of halogens is 1. The van der Waals surface area contributed by atoms with Crippen LogP contribution in [0.2, 0.25) is 0 Å². The summed E-state index contributed by atoms with van der Waals surface area (Å²) in [6, 6.07) is 4.69. The molecule has 84 valence electrons. The van der Waals surface area contributed by atoms with Gasteiger partial charge in [-0.2, -0.15) is 0 Å². The van der Waals surface area contributed by atoms with Crippen LogP contribution in [0.15, 0.2) is 27.6 Å². The van der Waals surface area contributed by atoms with Crippen molar-refractivity contribution >= 4 is 26.0 Å². The van der Waals surface area contributed by atoms with Gasteiger partial charge in [0.2, 0.25) is 0 Å². The van der Waals surface area contributed by atoms with E-state index in [1.54, 1.807) is 23.9 Å². The first kappa shape index (κ1) is 12.4. The summed E-state index contributed by atoms with van der Waals surface area (Å²) < 4.78 is 28.8. The van der Waals surface area contributed by atoms with Crippen molar-refractivity contribution in [2.75, 3.05) is 6.61 Å². The smallest absolute Gasteiger partial charge is 0.256 e. The zero-order valence-corrected chi connectivity index (χ0v) is 10.4. The summed E-state index contributed by atoms with van der Waals surface area (Å²) in [6.07, 6.45) is 0. The van der Waals surface area contributed by atoms with E-state index >= 15 is 0 Å². The van der Waals surface area contributed by atoms with Crippen molar-refractivity contribution in [1.29, 1.82) is 0 Å². The van der Waals surface area contributed by atoms with Gasteiger partial charge in [0.1, 0.15) is 10.6 Å². The topological polar surface area (TPSA) is 81.4 Å². The molecule has 0 heterocycles. The van der Waals surface area contributed by atoms with Crippen LogP contribution in [0.5, 0.6) is 5.75 Å². The normalized spacial score (nSPS) is 11.4. The van der Waals surface area contributed by atoms with E-state index in [0.717, 1.165) is 0 Å². The van der Waals surface area contributed by atoms with E-state index in [2.05, 4.69) is 15.9 Å². The van der Waals surface area contributed by atoms with Crippen LogP contribution in [0.3, 0.4) is 0 Å². The summed E-state index contributed by atoms with van der Waals surface area (Å²) in [7, 11) is -3.70. The van der Waals surface area contributed by atoms with Crippen molar-refractivity contribution in [3.8, 4) is 5.75 Å². The molecule has 0 atom stereocenters. The fourth-order valence-corrected chi connectivity index (χ4v) is 2.34. The Morgan fingerprint density at radius 3 is 2.73 bits per heavy atom. The van der Waals surface area contributed by atoms with Crippen LogP contribution in [-0.2, 0) is 10.0 Å². The molecular weight excluding hydrogens is 284 g/mol. The van der Waals surface area contributed by atoms with Crippen molar-refractivity contribution in [1.82, 2.24) is 4.83 Å². The highest BCUT2D eigenvalue weighted by Crippen LogP contribution is 2.26. The number of rotatable bonds is 4. The Kier molecular flexibility index (Phi) is 4.09. The maximum Gasteiger partial charge on any atom is 0.256 e. The molecule has 5 nitrogen and oxygen atoms in total. The van der Waals surface area contributed by atoms with Gasteiger partial charge in [0.25, 0.3) is 10.0 Å². The SMILES string of the molecule is CCOc1ccc(Br)cc1S(=O)(=O)NN. The van der Waals surface area contributed by atoms with Crippen LogP contribution in [0.1, 0.15) is 6.92 Å². The van der Waals surface area contributed by atoms with Crippen molar-refractivity contribution in [2.45, 2.75) is 11.8 Å². The van der Waals surface area contributed by atoms with Gasteiger partial charge in [-0.15, -0.1) is 4.83 Å². The van der Waals surface area contributed by atoms with Gasteiger partial charge >= 0.3 is 0 Å². The van der Waals surface area contributed by atoms with Crippen LogP contribution in [0, 0.1) is 0 Å². The first-order chi connectivity index (χ1) is 7.01. The molecule has 0 aliphatic rings. The lowest BCUT2D eigenvalue weighted by Gasteiger charge is -2.10. The van der Waals surface area contributed by atoms with Crippen molar-refractivity contribution in [3.63, 3.8) is 0 Å². The Morgan fingerprint density at radius 1 is 1.53 bits per heavy atom. The van der Waals surface area contributed by atoms with E-state index in [9.17, 15) is 8.42 Å². The molecular formula is C8H11BrN2O3S. The van der Waals surface area contributed by atoms with Crippen molar-refractivity contribution < 1.29 is 13.2 Å². The molecule has 7 heteroatoms. The Hall–Kier alpha value is -0.630. The van der Waals surface area contributed by atoms with E-state index in [4.69, 9.17) is 10.6 Å². The molecule has 0 saturated heterocycles. The first-order valence-electron chi connectivity index (χ1n) is 4.16. The van der Waals surface area contributed by atoms with Crippen molar-refractivity contribution in [3.05, 3.63) is 22.7 Å². The minimum Gasteiger partial charge on any atom is -0.492 e. The molecule has 3 N–H and O–H groups in total. The lowest BCUT2D eigenvalue weighted by molar-refractivity contribution is 0.331. The maximum atomic E-state index is 11.5. The fraction of sp³-hybridized carbons (Fsp3) is 0.250. The number of sulfonamides is 1. The van der Waals surface area contributed by atoms with Gasteiger partial charge < -0.3 is 4.74 Å². The van der Waals surface area contributed by atoms with Crippen LogP contribution in [-0.4, -0.2) is 15.0 Å². The number of hydrazine groups is 1. The summed E-state index contributed by atoms with van der Waals surface area (Å²) in [5, 5.41) is 0. The highest BCUT2D eigenvalue weighted by atomic mass is 79.9. The highest BCUT2D eigenvalue weighted by Gasteiger charge is 2.18. The largest absolute Gasteiger partial charge is 0.492 e. The van der Waals surface area contributed by atoms with E-state index in [1.165, 1.54) is 6.07 Å². The molecule has 0 fully saturated rings. The van der Waals surface area contributed by atoms with E-state index in [-0.39, 0.29) is 10.6 Å². The second kappa shape index (κ2) is 4.93. The van der Waals surface area contributed by atoms with Crippen LogP contribution >= 0.6 is 15.9 Å². The van der Waals surface area contributed by atoms with E-state index < -0.39 is 10.0 Å². The molecule has 0 radical (unpaired) electrons. The minimum atomic E-state index is -3.70. The number of ether oxygens (including phenoxy) is 1. The van der Waals surface area contributed by atoms with Gasteiger partial charge in [-0.1, -0.05) is 15.9 Å². The number of nitrogens with one attached hydrogen (secondary N) is 1. The summed E-state index contributed by atoms with van der Waals surface area (Å²) >= 11 is 3.18. The third-order valence-electron chi connectivity index (χ3n) is 1.65. The molecule has 0 bridgehead atoms. The second-order valence-electron chi connectivity index (χ2n) is 2.65. The van der Waals surface area contributed by atoms with Gasteiger partial charge in [0, 0.05) is 4.47 Å². The Morgan fingerprint density at radius 2 is 2.20 bits per heavy atom. The molecule has 0 amide bonds. The number of hydrogen-bond donors (Lipinski definition) is 2. The average Bonchev–Trinajstić information content (AvgIpc) is 2.21. The van der Waals surface area contributed by atoms with E-state index in [0.29, 0.717) is 11.1 Å². The number of benzene rings is 1. The van der Waals surface area contributed by atoms with Gasteiger partial charge in [-0.25, -0.2) is 8.42 Å². The molecule has 0 aliphatic carbocycles. The minimum absolute atomic E-state index is 0.0150. The predicted molar refractivity (Wildman–Crippen MR) is 59.8 cm³/mol. The third-order valence-corrected chi connectivity index (χ3v) is 3.35. The average molecular weight is 295 g/mol. The molecule has 0 spiro atoms. The molecule has 1 aromatic rings. The Labute approximate surface area is 96.8 Å². The maximum absolute atomic E-state index is 11.5. The summed E-state index contributed by atoms with van der Waals surface area (Å²) in [5.41, 5.74) is 0. The third kappa shape index (κ3) is 2.91. The second-order valence-corrected chi connectivity index (χ2v) is 5.24. The van der Waals surface area contributed by atoms with Crippen LogP contribution in [0.25, 0.3) is 0 Å². The first-order valence-corrected chi connectivity index (χ1v) is 6.43. The summed E-state index contributed by atoms with van der Waals surface area (Å²) in [6.45, 7) is 2.16. The summed E-state index contributed by atoms with van der Waals surface area (Å²) in [5.74, 6) is 5.22. The molecule has 1 rings (SSSR count). The predicted octanol–water partition coefficient (Wildman–Crippen LogP) is 1.000.